The fraction of sp³-hybridized carbons (Fsp3) is 0.263. The molecule has 0 spiro atoms. The van der Waals surface area contributed by atoms with E-state index in [0.717, 1.165) is 6.42 Å². The number of nitro benzene ring substituents is 1. The maximum atomic E-state index is 12.5. The molecule has 0 radical (unpaired) electrons. The zero-order valence-corrected chi connectivity index (χ0v) is 16.0. The van der Waals surface area contributed by atoms with E-state index in [2.05, 4.69) is 20.4 Å². The van der Waals surface area contributed by atoms with Gasteiger partial charge in [-0.15, -0.1) is 0 Å². The molecule has 0 aliphatic carbocycles. The van der Waals surface area contributed by atoms with Gasteiger partial charge in [-0.2, -0.15) is 9.78 Å². The number of rotatable bonds is 7. The van der Waals surface area contributed by atoms with Crippen LogP contribution >= 0.6 is 0 Å². The smallest absolute Gasteiger partial charge is 0.269 e. The number of aromatic amines is 1. The van der Waals surface area contributed by atoms with Crippen LogP contribution in [0.3, 0.4) is 0 Å². The van der Waals surface area contributed by atoms with E-state index in [1.54, 1.807) is 13.0 Å². The van der Waals surface area contributed by atoms with Crippen molar-refractivity contribution in [3.05, 3.63) is 73.8 Å². The highest BCUT2D eigenvalue weighted by Gasteiger charge is 2.14. The van der Waals surface area contributed by atoms with Crippen LogP contribution in [-0.4, -0.2) is 30.6 Å². The second-order valence-corrected chi connectivity index (χ2v) is 6.54. The Labute approximate surface area is 165 Å². The Hall–Kier alpha value is -3.82. The molecule has 0 aliphatic rings. The third-order valence-electron chi connectivity index (χ3n) is 4.10. The predicted octanol–water partition coefficient (Wildman–Crippen LogP) is 2.31. The van der Waals surface area contributed by atoms with Crippen LogP contribution in [0.5, 0.6) is 0 Å². The first kappa shape index (κ1) is 19.9. The zero-order valence-electron chi connectivity index (χ0n) is 16.0. The van der Waals surface area contributed by atoms with Crippen molar-refractivity contribution in [2.75, 3.05) is 5.32 Å². The lowest BCUT2D eigenvalue weighted by atomic mass is 10.1. The molecule has 2 N–H and O–H groups in total. The first-order valence-electron chi connectivity index (χ1n) is 9.06. The SMILES string of the molecule is CCCc1cc(=O)[nH]c(-n2nc(C)cc2NC(=O)Cc2ccc([N+](=O)[O-])cc2)n1. The number of carbonyl (C=O) groups excluding carboxylic acids is 1. The quantitative estimate of drug-likeness (QED) is 0.464. The van der Waals surface area contributed by atoms with Crippen molar-refractivity contribution < 1.29 is 9.72 Å². The molecule has 10 nitrogen and oxygen atoms in total. The van der Waals surface area contributed by atoms with E-state index < -0.39 is 4.92 Å². The van der Waals surface area contributed by atoms with E-state index in [9.17, 15) is 19.7 Å². The summed E-state index contributed by atoms with van der Waals surface area (Å²) in [4.78, 5) is 41.7. The van der Waals surface area contributed by atoms with Gasteiger partial charge >= 0.3 is 0 Å². The molecule has 0 fully saturated rings. The van der Waals surface area contributed by atoms with Crippen LogP contribution < -0.4 is 10.9 Å². The third-order valence-corrected chi connectivity index (χ3v) is 4.10. The summed E-state index contributed by atoms with van der Waals surface area (Å²) in [6.45, 7) is 3.75. The second kappa shape index (κ2) is 8.46. The normalized spacial score (nSPS) is 10.7. The maximum Gasteiger partial charge on any atom is 0.269 e. The Bertz CT molecular complexity index is 1100. The van der Waals surface area contributed by atoms with Crippen molar-refractivity contribution in [2.45, 2.75) is 33.1 Å². The third kappa shape index (κ3) is 4.92. The number of H-pyrrole nitrogens is 1. The molecule has 0 saturated heterocycles. The minimum absolute atomic E-state index is 0.0298. The summed E-state index contributed by atoms with van der Waals surface area (Å²) in [5, 5.41) is 17.8. The van der Waals surface area contributed by atoms with Gasteiger partial charge in [-0.3, -0.25) is 24.7 Å². The van der Waals surface area contributed by atoms with E-state index in [0.29, 0.717) is 29.2 Å². The molecule has 1 amide bonds. The molecule has 0 unspecified atom stereocenters. The average Bonchev–Trinajstić information content (AvgIpc) is 3.02. The van der Waals surface area contributed by atoms with Crippen LogP contribution in [-0.2, 0) is 17.6 Å². The number of hydrogen-bond donors (Lipinski definition) is 2. The number of nitrogens with one attached hydrogen (secondary N) is 2. The highest BCUT2D eigenvalue weighted by Crippen LogP contribution is 2.16. The van der Waals surface area contributed by atoms with E-state index in [-0.39, 0.29) is 29.5 Å². The van der Waals surface area contributed by atoms with Gasteiger partial charge in [0, 0.05) is 30.0 Å². The Morgan fingerprint density at radius 3 is 2.66 bits per heavy atom. The highest BCUT2D eigenvalue weighted by molar-refractivity contribution is 5.91. The Morgan fingerprint density at radius 1 is 1.28 bits per heavy atom. The van der Waals surface area contributed by atoms with Gasteiger partial charge in [-0.1, -0.05) is 25.5 Å². The van der Waals surface area contributed by atoms with Crippen LogP contribution in [0.25, 0.3) is 5.95 Å². The van der Waals surface area contributed by atoms with Gasteiger partial charge in [-0.25, -0.2) is 4.98 Å². The molecule has 3 aromatic rings. The number of non-ortho nitro benzene ring substituents is 1. The second-order valence-electron chi connectivity index (χ2n) is 6.54. The van der Waals surface area contributed by atoms with Gasteiger partial charge in [-0.05, 0) is 18.9 Å². The van der Waals surface area contributed by atoms with Crippen LogP contribution in [0.4, 0.5) is 11.5 Å². The Morgan fingerprint density at radius 2 is 2.00 bits per heavy atom. The maximum absolute atomic E-state index is 12.5. The van der Waals surface area contributed by atoms with Gasteiger partial charge in [0.1, 0.15) is 5.82 Å². The topological polar surface area (TPSA) is 136 Å². The number of nitro groups is 1. The summed E-state index contributed by atoms with van der Waals surface area (Å²) in [5.41, 5.74) is 1.58. The van der Waals surface area contributed by atoms with Crippen molar-refractivity contribution in [3.8, 4) is 5.95 Å². The first-order valence-corrected chi connectivity index (χ1v) is 9.06. The average molecular weight is 396 g/mol. The van der Waals surface area contributed by atoms with E-state index >= 15 is 0 Å². The molecule has 0 saturated carbocycles. The molecule has 0 aliphatic heterocycles. The lowest BCUT2D eigenvalue weighted by molar-refractivity contribution is -0.384. The number of carbonyl (C=O) groups is 1. The summed E-state index contributed by atoms with van der Waals surface area (Å²) in [6.07, 6.45) is 1.52. The molecule has 0 atom stereocenters. The molecular formula is C19H20N6O4. The molecule has 0 bridgehead atoms. The fourth-order valence-corrected chi connectivity index (χ4v) is 2.84. The first-order chi connectivity index (χ1) is 13.9. The van der Waals surface area contributed by atoms with Crippen LogP contribution in [0, 0.1) is 17.0 Å². The van der Waals surface area contributed by atoms with Gasteiger partial charge in [0.2, 0.25) is 11.9 Å². The van der Waals surface area contributed by atoms with Crippen LogP contribution in [0.2, 0.25) is 0 Å². The summed E-state index contributed by atoms with van der Waals surface area (Å²) in [7, 11) is 0. The van der Waals surface area contributed by atoms with E-state index in [1.165, 1.54) is 35.0 Å². The van der Waals surface area contributed by atoms with Crippen molar-refractivity contribution in [2.24, 2.45) is 0 Å². The predicted molar refractivity (Wildman–Crippen MR) is 106 cm³/mol. The number of nitrogens with zero attached hydrogens (tertiary/aromatic N) is 4. The lowest BCUT2D eigenvalue weighted by Gasteiger charge is -2.09. The molecule has 29 heavy (non-hydrogen) atoms. The standard InChI is InChI=1S/C19H20N6O4/c1-3-4-14-11-18(27)22-19(20-14)24-16(9-12(2)23-24)21-17(26)10-13-5-7-15(8-6-13)25(28)29/h5-9,11H,3-4,10H2,1-2H3,(H,21,26)(H,20,22,27). The number of hydrogen-bond acceptors (Lipinski definition) is 6. The van der Waals surface area contributed by atoms with Crippen LogP contribution in [0.1, 0.15) is 30.3 Å². The minimum Gasteiger partial charge on any atom is -0.310 e. The van der Waals surface area contributed by atoms with Gasteiger partial charge in [0.15, 0.2) is 0 Å². The summed E-state index contributed by atoms with van der Waals surface area (Å²) < 4.78 is 1.38. The largest absolute Gasteiger partial charge is 0.310 e. The minimum atomic E-state index is -0.494. The highest BCUT2D eigenvalue weighted by atomic mass is 16.6. The number of amides is 1. The zero-order chi connectivity index (χ0) is 21.0. The van der Waals surface area contributed by atoms with Crippen molar-refractivity contribution >= 4 is 17.4 Å². The molecule has 10 heteroatoms. The monoisotopic (exact) mass is 396 g/mol. The van der Waals surface area contributed by atoms with Gasteiger partial charge in [0.25, 0.3) is 11.2 Å². The van der Waals surface area contributed by atoms with Gasteiger partial charge in [0.05, 0.1) is 17.0 Å². The number of aryl methyl sites for hydroxylation is 2. The Kier molecular flexibility index (Phi) is 5.82. The molecule has 2 heterocycles. The molecule has 1 aromatic carbocycles. The van der Waals surface area contributed by atoms with E-state index in [1.807, 2.05) is 6.92 Å². The molecule has 2 aromatic heterocycles. The van der Waals surface area contributed by atoms with Crippen molar-refractivity contribution in [1.29, 1.82) is 0 Å². The number of anilines is 1. The lowest BCUT2D eigenvalue weighted by Crippen LogP contribution is -2.20. The number of benzene rings is 1. The number of aromatic nitrogens is 4. The summed E-state index contributed by atoms with van der Waals surface area (Å²) in [6, 6.07) is 8.88. The van der Waals surface area contributed by atoms with Gasteiger partial charge < -0.3 is 5.32 Å². The van der Waals surface area contributed by atoms with E-state index in [4.69, 9.17) is 0 Å². The van der Waals surface area contributed by atoms with Crippen molar-refractivity contribution in [3.63, 3.8) is 0 Å². The molecular weight excluding hydrogens is 376 g/mol. The van der Waals surface area contributed by atoms with Crippen molar-refractivity contribution in [1.82, 2.24) is 19.7 Å². The summed E-state index contributed by atoms with van der Waals surface area (Å²) >= 11 is 0. The van der Waals surface area contributed by atoms with Crippen LogP contribution in [0.15, 0.2) is 41.2 Å². The summed E-state index contributed by atoms with van der Waals surface area (Å²) in [5.74, 6) is 0.262. The molecule has 3 rings (SSSR count). The fourth-order valence-electron chi connectivity index (χ4n) is 2.84. The Balaban J connectivity index is 1.81. The molecule has 150 valence electrons.